The van der Waals surface area contributed by atoms with Crippen LogP contribution in [0.5, 0.6) is 5.88 Å². The smallest absolute Gasteiger partial charge is 0.299 e. The zero-order valence-electron chi connectivity index (χ0n) is 9.30. The topological polar surface area (TPSA) is 72.3 Å². The van der Waals surface area contributed by atoms with Gasteiger partial charge in [0.2, 0.25) is 5.88 Å². The fourth-order valence-corrected chi connectivity index (χ4v) is 1.99. The second-order valence-corrected chi connectivity index (χ2v) is 4.49. The summed E-state index contributed by atoms with van der Waals surface area (Å²) >= 11 is 11.8. The van der Waals surface area contributed by atoms with Crippen LogP contribution in [0.3, 0.4) is 0 Å². The van der Waals surface area contributed by atoms with Crippen molar-refractivity contribution in [2.24, 2.45) is 0 Å². The molecule has 0 atom stereocenters. The van der Waals surface area contributed by atoms with Gasteiger partial charge >= 0.3 is 0 Å². The molecule has 3 aromatic rings. The summed E-state index contributed by atoms with van der Waals surface area (Å²) in [6.07, 6.45) is 0. The van der Waals surface area contributed by atoms with E-state index in [2.05, 4.69) is 15.3 Å². The molecular formula is C11H6Cl2N4O2. The van der Waals surface area contributed by atoms with E-state index in [1.54, 1.807) is 28.8 Å². The maximum Gasteiger partial charge on any atom is 0.299 e. The molecular weight excluding hydrogens is 291 g/mol. The number of benzene rings is 1. The number of aromatic nitrogens is 4. The summed E-state index contributed by atoms with van der Waals surface area (Å²) in [5.41, 5.74) is 1.26. The fraction of sp³-hybridized carbons (Fsp3) is 0. The van der Waals surface area contributed by atoms with Gasteiger partial charge in [-0.2, -0.15) is 0 Å². The number of fused-ring (bicyclic) bond motifs is 1. The van der Waals surface area contributed by atoms with Crippen LogP contribution in [0.2, 0.25) is 10.0 Å². The minimum atomic E-state index is 0.279. The highest BCUT2D eigenvalue weighted by Crippen LogP contribution is 2.28. The van der Waals surface area contributed by atoms with Gasteiger partial charge in [0.1, 0.15) is 0 Å². The number of carbonyl (C=O) groups excluding carboxylic acids is 1. The van der Waals surface area contributed by atoms with Crippen LogP contribution in [-0.2, 0) is 4.79 Å². The Morgan fingerprint density at radius 1 is 1.21 bits per heavy atom. The molecule has 8 heteroatoms. The van der Waals surface area contributed by atoms with Crippen molar-refractivity contribution < 1.29 is 9.53 Å². The van der Waals surface area contributed by atoms with Gasteiger partial charge < -0.3 is 4.74 Å². The molecule has 2 heterocycles. The van der Waals surface area contributed by atoms with Crippen LogP contribution in [0.15, 0.2) is 24.3 Å². The maximum atomic E-state index is 10.3. The van der Waals surface area contributed by atoms with Gasteiger partial charge in [0.15, 0.2) is 11.5 Å². The van der Waals surface area contributed by atoms with Crippen molar-refractivity contribution >= 4 is 35.3 Å². The Bertz CT molecular complexity index is 765. The van der Waals surface area contributed by atoms with E-state index >= 15 is 0 Å². The number of ether oxygens (including phenoxy) is 1. The standard InChI is InChI=1S/C11H6Cl2N4O2/c12-7-2-1-6(3-8(7)13)11-15-14-9-4-10(19-5-18)16-17(9)11/h1-5,16H. The summed E-state index contributed by atoms with van der Waals surface area (Å²) < 4.78 is 6.29. The highest BCUT2D eigenvalue weighted by molar-refractivity contribution is 6.42. The van der Waals surface area contributed by atoms with Crippen LogP contribution in [-0.4, -0.2) is 26.3 Å². The number of nitrogens with zero attached hydrogens (tertiary/aromatic N) is 3. The summed E-state index contributed by atoms with van der Waals surface area (Å²) in [5.74, 6) is 0.815. The van der Waals surface area contributed by atoms with Gasteiger partial charge in [0.25, 0.3) is 6.47 Å². The van der Waals surface area contributed by atoms with Gasteiger partial charge in [-0.15, -0.1) is 10.2 Å². The van der Waals surface area contributed by atoms with Crippen molar-refractivity contribution in [1.82, 2.24) is 19.8 Å². The Labute approximate surface area is 116 Å². The predicted molar refractivity (Wildman–Crippen MR) is 69.5 cm³/mol. The molecule has 0 bridgehead atoms. The normalized spacial score (nSPS) is 10.8. The molecule has 0 aliphatic rings. The third-order valence-electron chi connectivity index (χ3n) is 2.52. The van der Waals surface area contributed by atoms with Crippen LogP contribution < -0.4 is 4.74 Å². The molecule has 6 nitrogen and oxygen atoms in total. The molecule has 1 N–H and O–H groups in total. The van der Waals surface area contributed by atoms with E-state index < -0.39 is 0 Å². The molecule has 96 valence electrons. The van der Waals surface area contributed by atoms with E-state index in [0.29, 0.717) is 28.0 Å². The number of carbonyl (C=O) groups is 1. The lowest BCUT2D eigenvalue weighted by atomic mass is 10.2. The van der Waals surface area contributed by atoms with Gasteiger partial charge in [-0.05, 0) is 18.2 Å². The number of hydrogen-bond donors (Lipinski definition) is 1. The molecule has 0 spiro atoms. The lowest BCUT2D eigenvalue weighted by Crippen LogP contribution is -1.93. The number of halogens is 2. The molecule has 0 aliphatic carbocycles. The van der Waals surface area contributed by atoms with Crippen molar-refractivity contribution in [1.29, 1.82) is 0 Å². The summed E-state index contributed by atoms with van der Waals surface area (Å²) in [6.45, 7) is 0.331. The van der Waals surface area contributed by atoms with Crippen molar-refractivity contribution in [3.8, 4) is 17.3 Å². The predicted octanol–water partition coefficient (Wildman–Crippen LogP) is 2.57. The first-order chi connectivity index (χ1) is 9.19. The van der Waals surface area contributed by atoms with E-state index in [0.717, 1.165) is 5.56 Å². The molecule has 0 saturated heterocycles. The van der Waals surface area contributed by atoms with Crippen LogP contribution in [0.1, 0.15) is 0 Å². The molecule has 3 rings (SSSR count). The van der Waals surface area contributed by atoms with Crippen molar-refractivity contribution in [2.75, 3.05) is 0 Å². The maximum absolute atomic E-state index is 10.3. The number of nitrogens with one attached hydrogen (secondary N) is 1. The molecule has 0 amide bonds. The molecule has 0 aliphatic heterocycles. The van der Waals surface area contributed by atoms with E-state index in [9.17, 15) is 4.79 Å². The first-order valence-electron chi connectivity index (χ1n) is 5.19. The van der Waals surface area contributed by atoms with Gasteiger partial charge in [-0.25, -0.2) is 4.52 Å². The third kappa shape index (κ3) is 2.05. The average molecular weight is 297 g/mol. The van der Waals surface area contributed by atoms with Crippen molar-refractivity contribution in [2.45, 2.75) is 0 Å². The molecule has 0 fully saturated rings. The minimum Gasteiger partial charge on any atom is -0.410 e. The van der Waals surface area contributed by atoms with Gasteiger partial charge in [-0.1, -0.05) is 23.2 Å². The number of aromatic amines is 1. The van der Waals surface area contributed by atoms with Crippen LogP contribution >= 0.6 is 23.2 Å². The Hall–Kier alpha value is -2.05. The van der Waals surface area contributed by atoms with E-state index in [-0.39, 0.29) is 5.88 Å². The first-order valence-corrected chi connectivity index (χ1v) is 5.94. The monoisotopic (exact) mass is 296 g/mol. The zero-order valence-corrected chi connectivity index (χ0v) is 10.8. The Kier molecular flexibility index (Phi) is 2.88. The molecule has 0 radical (unpaired) electrons. The van der Waals surface area contributed by atoms with Gasteiger partial charge in [0, 0.05) is 11.6 Å². The quantitative estimate of drug-likeness (QED) is 0.754. The number of hydrogen-bond acceptors (Lipinski definition) is 4. The molecule has 2 aromatic heterocycles. The second kappa shape index (κ2) is 4.56. The summed E-state index contributed by atoms with van der Waals surface area (Å²) in [4.78, 5) is 10.3. The molecule has 1 aromatic carbocycles. The van der Waals surface area contributed by atoms with Gasteiger partial charge in [-0.3, -0.25) is 9.89 Å². The Balaban J connectivity index is 2.13. The zero-order chi connectivity index (χ0) is 13.4. The highest BCUT2D eigenvalue weighted by atomic mass is 35.5. The summed E-state index contributed by atoms with van der Waals surface area (Å²) in [5, 5.41) is 11.7. The van der Waals surface area contributed by atoms with Crippen molar-refractivity contribution in [3.63, 3.8) is 0 Å². The third-order valence-corrected chi connectivity index (χ3v) is 3.26. The largest absolute Gasteiger partial charge is 0.410 e. The lowest BCUT2D eigenvalue weighted by molar-refractivity contribution is -0.120. The minimum absolute atomic E-state index is 0.279. The second-order valence-electron chi connectivity index (χ2n) is 3.68. The highest BCUT2D eigenvalue weighted by Gasteiger charge is 2.12. The van der Waals surface area contributed by atoms with E-state index in [4.69, 9.17) is 27.9 Å². The fourth-order valence-electron chi connectivity index (χ4n) is 1.69. The van der Waals surface area contributed by atoms with E-state index in [1.807, 2.05) is 0 Å². The van der Waals surface area contributed by atoms with Gasteiger partial charge in [0.05, 0.1) is 10.0 Å². The SMILES string of the molecule is O=COc1cc2nnc(-c3ccc(Cl)c(Cl)c3)n2[nH]1. The number of H-pyrrole nitrogens is 1. The summed E-state index contributed by atoms with van der Waals surface area (Å²) in [7, 11) is 0. The van der Waals surface area contributed by atoms with E-state index in [1.165, 1.54) is 0 Å². The molecule has 19 heavy (non-hydrogen) atoms. The summed E-state index contributed by atoms with van der Waals surface area (Å²) in [6, 6.07) is 6.68. The van der Waals surface area contributed by atoms with Crippen LogP contribution in [0.4, 0.5) is 0 Å². The Morgan fingerprint density at radius 2 is 2.05 bits per heavy atom. The van der Waals surface area contributed by atoms with Crippen LogP contribution in [0, 0.1) is 0 Å². The lowest BCUT2D eigenvalue weighted by Gasteiger charge is -2.00. The Morgan fingerprint density at radius 3 is 2.79 bits per heavy atom. The van der Waals surface area contributed by atoms with Crippen molar-refractivity contribution in [3.05, 3.63) is 34.3 Å². The first kappa shape index (κ1) is 12.0. The van der Waals surface area contributed by atoms with Crippen LogP contribution in [0.25, 0.3) is 17.0 Å². The molecule has 0 saturated carbocycles. The number of rotatable bonds is 3. The average Bonchev–Trinajstić information content (AvgIpc) is 2.93. The molecule has 0 unspecified atom stereocenters.